The molecule has 0 spiro atoms. The second-order valence-electron chi connectivity index (χ2n) is 6.63. The van der Waals surface area contributed by atoms with Crippen molar-refractivity contribution in [3.05, 3.63) is 59.2 Å². The molecule has 0 atom stereocenters. The number of rotatable bonds is 4. The van der Waals surface area contributed by atoms with Crippen LogP contribution in [0.2, 0.25) is 0 Å². The highest BCUT2D eigenvalue weighted by Crippen LogP contribution is 2.32. The summed E-state index contributed by atoms with van der Waals surface area (Å²) in [6, 6.07) is 8.27. The quantitative estimate of drug-likeness (QED) is 0.824. The Morgan fingerprint density at radius 2 is 1.71 bits per heavy atom. The van der Waals surface area contributed by atoms with Crippen molar-refractivity contribution in [2.45, 2.75) is 30.8 Å². The first-order valence-corrected chi connectivity index (χ1v) is 10.2. The Morgan fingerprint density at radius 1 is 1.07 bits per heavy atom. The van der Waals surface area contributed by atoms with Crippen LogP contribution in [0.5, 0.6) is 0 Å². The van der Waals surface area contributed by atoms with Crippen LogP contribution in [-0.4, -0.2) is 32.3 Å². The topological polar surface area (TPSA) is 66.5 Å². The number of halogens is 3. The Hall–Kier alpha value is -2.55. The number of alkyl halides is 3. The van der Waals surface area contributed by atoms with E-state index >= 15 is 0 Å². The standard InChI is InChI=1S/C19H19F3N2O3S/c1-13-6-4-9-16(18(25)24-10-2-3-11-24)17(13)23-28(26,27)15-8-5-7-14(12-15)19(20,21)22/h4-9,12,23H,2-3,10-11H2,1H3. The van der Waals surface area contributed by atoms with Gasteiger partial charge in [-0.3, -0.25) is 9.52 Å². The lowest BCUT2D eigenvalue weighted by Gasteiger charge is -2.20. The number of nitrogens with zero attached hydrogens (tertiary/aromatic N) is 1. The number of nitrogens with one attached hydrogen (secondary N) is 1. The summed E-state index contributed by atoms with van der Waals surface area (Å²) in [6.07, 6.45) is -2.91. The van der Waals surface area contributed by atoms with Gasteiger partial charge in [0.05, 0.1) is 21.7 Å². The molecular weight excluding hydrogens is 393 g/mol. The summed E-state index contributed by atoms with van der Waals surface area (Å²) in [5, 5.41) is 0. The van der Waals surface area contributed by atoms with Gasteiger partial charge in [0.15, 0.2) is 0 Å². The highest BCUT2D eigenvalue weighted by Gasteiger charge is 2.32. The van der Waals surface area contributed by atoms with Crippen molar-refractivity contribution in [3.63, 3.8) is 0 Å². The van der Waals surface area contributed by atoms with Crippen LogP contribution in [0, 0.1) is 6.92 Å². The molecule has 1 aliphatic rings. The van der Waals surface area contributed by atoms with Gasteiger partial charge in [-0.25, -0.2) is 8.42 Å². The van der Waals surface area contributed by atoms with E-state index in [1.54, 1.807) is 24.0 Å². The number of carbonyl (C=O) groups is 1. The number of aryl methyl sites for hydroxylation is 1. The van der Waals surface area contributed by atoms with Gasteiger partial charge in [0.1, 0.15) is 0 Å². The lowest BCUT2D eigenvalue weighted by Crippen LogP contribution is -2.29. The highest BCUT2D eigenvalue weighted by atomic mass is 32.2. The first-order chi connectivity index (χ1) is 13.1. The summed E-state index contributed by atoms with van der Waals surface area (Å²) in [6.45, 7) is 2.81. The maximum absolute atomic E-state index is 12.9. The zero-order valence-electron chi connectivity index (χ0n) is 15.1. The lowest BCUT2D eigenvalue weighted by molar-refractivity contribution is -0.137. The molecule has 1 fully saturated rings. The first kappa shape index (κ1) is 20.2. The smallest absolute Gasteiger partial charge is 0.339 e. The maximum Gasteiger partial charge on any atom is 0.416 e. The summed E-state index contributed by atoms with van der Waals surface area (Å²) >= 11 is 0. The first-order valence-electron chi connectivity index (χ1n) is 8.68. The molecule has 1 saturated heterocycles. The van der Waals surface area contributed by atoms with E-state index in [-0.39, 0.29) is 17.2 Å². The predicted molar refractivity (Wildman–Crippen MR) is 98.6 cm³/mol. The van der Waals surface area contributed by atoms with E-state index in [2.05, 4.69) is 4.72 Å². The number of hydrogen-bond donors (Lipinski definition) is 1. The predicted octanol–water partition coefficient (Wildman–Crippen LogP) is 4.05. The van der Waals surface area contributed by atoms with Crippen molar-refractivity contribution in [2.24, 2.45) is 0 Å². The fourth-order valence-corrected chi connectivity index (χ4v) is 4.30. The van der Waals surface area contributed by atoms with E-state index in [4.69, 9.17) is 0 Å². The van der Waals surface area contributed by atoms with E-state index in [0.29, 0.717) is 24.7 Å². The number of amides is 1. The Labute approximate surface area is 161 Å². The Bertz CT molecular complexity index is 998. The molecule has 2 aromatic carbocycles. The fraction of sp³-hybridized carbons (Fsp3) is 0.316. The van der Waals surface area contributed by atoms with Crippen LogP contribution in [-0.2, 0) is 16.2 Å². The third-order valence-electron chi connectivity index (χ3n) is 4.60. The van der Waals surface area contributed by atoms with Crippen molar-refractivity contribution >= 4 is 21.6 Å². The molecule has 1 amide bonds. The van der Waals surface area contributed by atoms with E-state index in [1.807, 2.05) is 0 Å². The Balaban J connectivity index is 1.98. The Kier molecular flexibility index (Phi) is 5.38. The van der Waals surface area contributed by atoms with Gasteiger partial charge in [-0.05, 0) is 49.6 Å². The van der Waals surface area contributed by atoms with Gasteiger partial charge >= 0.3 is 6.18 Å². The van der Waals surface area contributed by atoms with Crippen LogP contribution in [0.3, 0.4) is 0 Å². The molecule has 0 bridgehead atoms. The molecule has 0 radical (unpaired) electrons. The van der Waals surface area contributed by atoms with Gasteiger partial charge in [-0.1, -0.05) is 18.2 Å². The number of para-hydroxylation sites is 1. The van der Waals surface area contributed by atoms with Crippen LogP contribution in [0.1, 0.15) is 34.3 Å². The number of carbonyl (C=O) groups excluding carboxylic acids is 1. The summed E-state index contributed by atoms with van der Waals surface area (Å²) in [5.74, 6) is -0.303. The molecule has 2 aromatic rings. The fourth-order valence-electron chi connectivity index (χ4n) is 3.10. The van der Waals surface area contributed by atoms with Crippen molar-refractivity contribution in [1.29, 1.82) is 0 Å². The van der Waals surface area contributed by atoms with E-state index in [0.717, 1.165) is 31.0 Å². The van der Waals surface area contributed by atoms with Crippen LogP contribution in [0.4, 0.5) is 18.9 Å². The van der Waals surface area contributed by atoms with Crippen LogP contribution in [0.15, 0.2) is 47.4 Å². The molecule has 0 aromatic heterocycles. The zero-order valence-corrected chi connectivity index (χ0v) is 15.9. The van der Waals surface area contributed by atoms with E-state index < -0.39 is 26.7 Å². The highest BCUT2D eigenvalue weighted by molar-refractivity contribution is 7.92. The zero-order chi connectivity index (χ0) is 20.5. The van der Waals surface area contributed by atoms with Gasteiger partial charge in [0, 0.05) is 13.1 Å². The summed E-state index contributed by atoms with van der Waals surface area (Å²) in [7, 11) is -4.32. The third-order valence-corrected chi connectivity index (χ3v) is 5.95. The number of likely N-dealkylation sites (tertiary alicyclic amines) is 1. The van der Waals surface area contributed by atoms with E-state index in [9.17, 15) is 26.4 Å². The summed E-state index contributed by atoms with van der Waals surface area (Å²) < 4.78 is 66.5. The second kappa shape index (κ2) is 7.46. The van der Waals surface area contributed by atoms with Gasteiger partial charge in [-0.2, -0.15) is 13.2 Å². The van der Waals surface area contributed by atoms with Crippen molar-refractivity contribution in [1.82, 2.24) is 4.90 Å². The molecule has 28 heavy (non-hydrogen) atoms. The lowest BCUT2D eigenvalue weighted by atomic mass is 10.1. The van der Waals surface area contributed by atoms with Gasteiger partial charge < -0.3 is 4.90 Å². The third kappa shape index (κ3) is 4.14. The largest absolute Gasteiger partial charge is 0.416 e. The molecule has 9 heteroatoms. The molecule has 1 N–H and O–H groups in total. The van der Waals surface area contributed by atoms with Crippen molar-refractivity contribution < 1.29 is 26.4 Å². The van der Waals surface area contributed by atoms with Crippen molar-refractivity contribution in [3.8, 4) is 0 Å². The number of sulfonamides is 1. The van der Waals surface area contributed by atoms with Crippen LogP contribution < -0.4 is 4.72 Å². The molecule has 150 valence electrons. The monoisotopic (exact) mass is 412 g/mol. The van der Waals surface area contributed by atoms with Crippen LogP contribution >= 0.6 is 0 Å². The number of hydrogen-bond acceptors (Lipinski definition) is 3. The van der Waals surface area contributed by atoms with Crippen LogP contribution in [0.25, 0.3) is 0 Å². The van der Waals surface area contributed by atoms with Gasteiger partial charge in [0.2, 0.25) is 0 Å². The van der Waals surface area contributed by atoms with E-state index in [1.165, 1.54) is 6.07 Å². The molecule has 1 heterocycles. The minimum absolute atomic E-state index is 0.0804. The molecule has 0 unspecified atom stereocenters. The van der Waals surface area contributed by atoms with Gasteiger partial charge in [0.25, 0.3) is 15.9 Å². The SMILES string of the molecule is Cc1cccc(C(=O)N2CCCC2)c1NS(=O)(=O)c1cccc(C(F)(F)F)c1. The number of anilines is 1. The molecular formula is C19H19F3N2O3S. The average Bonchev–Trinajstić information content (AvgIpc) is 3.17. The van der Waals surface area contributed by atoms with Crippen molar-refractivity contribution in [2.75, 3.05) is 17.8 Å². The molecule has 0 aliphatic carbocycles. The maximum atomic E-state index is 12.9. The summed E-state index contributed by atoms with van der Waals surface area (Å²) in [5.41, 5.74) is -0.302. The average molecular weight is 412 g/mol. The molecule has 5 nitrogen and oxygen atoms in total. The summed E-state index contributed by atoms with van der Waals surface area (Å²) in [4.78, 5) is 13.9. The molecule has 0 saturated carbocycles. The number of benzene rings is 2. The Morgan fingerprint density at radius 3 is 2.36 bits per heavy atom. The minimum atomic E-state index is -4.66. The van der Waals surface area contributed by atoms with Gasteiger partial charge in [-0.15, -0.1) is 0 Å². The normalized spacial score (nSPS) is 14.9. The molecule has 3 rings (SSSR count). The second-order valence-corrected chi connectivity index (χ2v) is 8.31. The molecule has 1 aliphatic heterocycles. The minimum Gasteiger partial charge on any atom is -0.339 e.